The van der Waals surface area contributed by atoms with Crippen LogP contribution in [0.4, 0.5) is 5.69 Å². The summed E-state index contributed by atoms with van der Waals surface area (Å²) in [5.74, 6) is -0.0206. The molecule has 172 valence electrons. The minimum absolute atomic E-state index is 0.0206. The Bertz CT molecular complexity index is 1660. The molecule has 0 saturated heterocycles. The first kappa shape index (κ1) is 21.2. The predicted molar refractivity (Wildman–Crippen MR) is 141 cm³/mol. The summed E-state index contributed by atoms with van der Waals surface area (Å²) < 4.78 is 0. The number of aromatic nitrogens is 5. The molecule has 35 heavy (non-hydrogen) atoms. The fourth-order valence-electron chi connectivity index (χ4n) is 4.31. The van der Waals surface area contributed by atoms with Crippen molar-refractivity contribution in [2.45, 2.75) is 19.8 Å². The van der Waals surface area contributed by atoms with Crippen LogP contribution >= 0.6 is 11.3 Å². The Morgan fingerprint density at radius 1 is 1.03 bits per heavy atom. The highest BCUT2D eigenvalue weighted by Gasteiger charge is 2.15. The number of hydrogen-bond acceptors (Lipinski definition) is 5. The van der Waals surface area contributed by atoms with Gasteiger partial charge in [-0.25, -0.2) is 0 Å². The standard InChI is InChI=1S/C27H22N6OS/c1-2-5-26(34)30-17-10-16(13-28-14-17)22-12-20-24(15-29-22)32-33-27(20)23-11-19-18(25-8-4-9-35-25)6-3-7-21(19)31-23/h3-4,6-15,31H,2,5H2,1H3,(H,30,34)(H,32,33). The summed E-state index contributed by atoms with van der Waals surface area (Å²) >= 11 is 1.73. The molecule has 7 nitrogen and oxygen atoms in total. The first-order valence-corrected chi connectivity index (χ1v) is 12.3. The van der Waals surface area contributed by atoms with E-state index in [4.69, 9.17) is 0 Å². The van der Waals surface area contributed by atoms with Crippen molar-refractivity contribution in [2.75, 3.05) is 5.32 Å². The van der Waals surface area contributed by atoms with Crippen LogP contribution in [0, 0.1) is 0 Å². The molecule has 5 aromatic heterocycles. The molecule has 1 amide bonds. The summed E-state index contributed by atoms with van der Waals surface area (Å²) in [6.45, 7) is 1.98. The average molecular weight is 479 g/mol. The van der Waals surface area contributed by atoms with Crippen LogP contribution in [0.5, 0.6) is 0 Å². The molecule has 0 aliphatic carbocycles. The summed E-state index contributed by atoms with van der Waals surface area (Å²) in [6, 6.07) is 16.6. The summed E-state index contributed by atoms with van der Waals surface area (Å²) in [6.07, 6.45) is 6.45. The molecule has 0 radical (unpaired) electrons. The number of anilines is 1. The lowest BCUT2D eigenvalue weighted by Gasteiger charge is -2.06. The van der Waals surface area contributed by atoms with Crippen molar-refractivity contribution in [2.24, 2.45) is 0 Å². The Morgan fingerprint density at radius 3 is 2.83 bits per heavy atom. The third-order valence-electron chi connectivity index (χ3n) is 5.95. The lowest BCUT2D eigenvalue weighted by Crippen LogP contribution is -2.10. The highest BCUT2D eigenvalue weighted by Crippen LogP contribution is 2.36. The number of benzene rings is 1. The van der Waals surface area contributed by atoms with E-state index in [9.17, 15) is 4.79 Å². The number of H-pyrrole nitrogens is 2. The fraction of sp³-hybridized carbons (Fsp3) is 0.111. The molecule has 0 unspecified atom stereocenters. The van der Waals surface area contributed by atoms with Gasteiger partial charge in [0.1, 0.15) is 5.69 Å². The molecule has 8 heteroatoms. The van der Waals surface area contributed by atoms with Gasteiger partial charge < -0.3 is 10.3 Å². The highest BCUT2D eigenvalue weighted by molar-refractivity contribution is 7.13. The zero-order valence-corrected chi connectivity index (χ0v) is 19.8. The second-order valence-corrected chi connectivity index (χ2v) is 9.32. The SMILES string of the molecule is CCCC(=O)Nc1cncc(-c2cc3c(-c4cc5c(-c6cccs6)cccc5[nH]4)n[nH]c3cn2)c1. The van der Waals surface area contributed by atoms with Crippen LogP contribution in [0.15, 0.2) is 72.5 Å². The van der Waals surface area contributed by atoms with Crippen molar-refractivity contribution in [1.29, 1.82) is 0 Å². The van der Waals surface area contributed by atoms with E-state index in [0.29, 0.717) is 12.1 Å². The number of hydrogen-bond donors (Lipinski definition) is 3. The largest absolute Gasteiger partial charge is 0.353 e. The molecule has 0 bridgehead atoms. The van der Waals surface area contributed by atoms with Crippen molar-refractivity contribution in [3.63, 3.8) is 0 Å². The van der Waals surface area contributed by atoms with Gasteiger partial charge in [0, 0.05) is 44.9 Å². The van der Waals surface area contributed by atoms with Gasteiger partial charge in [-0.05, 0) is 42.1 Å². The van der Waals surface area contributed by atoms with Crippen molar-refractivity contribution in [1.82, 2.24) is 25.1 Å². The monoisotopic (exact) mass is 478 g/mol. The maximum absolute atomic E-state index is 12.0. The molecule has 0 aliphatic heterocycles. The molecule has 3 N–H and O–H groups in total. The maximum atomic E-state index is 12.0. The number of thiophene rings is 1. The number of rotatable bonds is 6. The van der Waals surface area contributed by atoms with Crippen molar-refractivity contribution < 1.29 is 4.79 Å². The van der Waals surface area contributed by atoms with Gasteiger partial charge in [0.2, 0.25) is 5.91 Å². The maximum Gasteiger partial charge on any atom is 0.224 e. The summed E-state index contributed by atoms with van der Waals surface area (Å²) in [7, 11) is 0. The lowest BCUT2D eigenvalue weighted by atomic mass is 10.1. The number of nitrogens with zero attached hydrogens (tertiary/aromatic N) is 3. The van der Waals surface area contributed by atoms with E-state index in [-0.39, 0.29) is 5.91 Å². The molecule has 0 spiro atoms. The minimum atomic E-state index is -0.0206. The molecule has 6 rings (SSSR count). The zero-order valence-electron chi connectivity index (χ0n) is 19.0. The van der Waals surface area contributed by atoms with Crippen LogP contribution in [-0.2, 0) is 4.79 Å². The molecule has 0 aliphatic rings. The average Bonchev–Trinajstić information content (AvgIpc) is 3.63. The molecule has 1 aromatic carbocycles. The van der Waals surface area contributed by atoms with Crippen molar-refractivity contribution >= 4 is 44.7 Å². The van der Waals surface area contributed by atoms with E-state index in [2.05, 4.69) is 72.2 Å². The molecule has 5 heterocycles. The number of amides is 1. The first-order chi connectivity index (χ1) is 17.2. The Kier molecular flexibility index (Phi) is 5.35. The number of carbonyl (C=O) groups is 1. The van der Waals surface area contributed by atoms with Gasteiger partial charge >= 0.3 is 0 Å². The minimum Gasteiger partial charge on any atom is -0.353 e. The van der Waals surface area contributed by atoms with Gasteiger partial charge in [-0.1, -0.05) is 25.1 Å². The smallest absolute Gasteiger partial charge is 0.224 e. The van der Waals surface area contributed by atoms with E-state index in [1.165, 1.54) is 10.4 Å². The van der Waals surface area contributed by atoms with Gasteiger partial charge in [0.25, 0.3) is 0 Å². The van der Waals surface area contributed by atoms with Crippen LogP contribution in [-0.4, -0.2) is 31.1 Å². The molecule has 6 aromatic rings. The van der Waals surface area contributed by atoms with Crippen molar-refractivity contribution in [3.05, 3.63) is 72.5 Å². The van der Waals surface area contributed by atoms with Gasteiger partial charge in [-0.3, -0.25) is 19.9 Å². The summed E-state index contributed by atoms with van der Waals surface area (Å²) in [5, 5.41) is 14.8. The van der Waals surface area contributed by atoms with Crippen LogP contribution in [0.25, 0.3) is 54.9 Å². The van der Waals surface area contributed by atoms with Gasteiger partial charge in [0.05, 0.1) is 35.0 Å². The predicted octanol–water partition coefficient (Wildman–Crippen LogP) is 6.64. The molecular weight excluding hydrogens is 456 g/mol. The van der Waals surface area contributed by atoms with E-state index in [0.717, 1.165) is 50.9 Å². The topological polar surface area (TPSA) is 99.4 Å². The number of nitrogens with one attached hydrogen (secondary N) is 3. The van der Waals surface area contributed by atoms with Crippen LogP contribution in [0.3, 0.4) is 0 Å². The number of fused-ring (bicyclic) bond motifs is 2. The Hall–Kier alpha value is -4.30. The van der Waals surface area contributed by atoms with Gasteiger partial charge in [-0.2, -0.15) is 5.10 Å². The fourth-order valence-corrected chi connectivity index (χ4v) is 5.07. The normalized spacial score (nSPS) is 11.3. The Labute approximate surface area is 205 Å². The number of pyridine rings is 2. The number of aromatic amines is 2. The highest BCUT2D eigenvalue weighted by atomic mass is 32.1. The second kappa shape index (κ2) is 8.81. The van der Waals surface area contributed by atoms with E-state index < -0.39 is 0 Å². The molecule has 0 fully saturated rings. The van der Waals surface area contributed by atoms with Crippen LogP contribution in [0.2, 0.25) is 0 Å². The van der Waals surface area contributed by atoms with Crippen LogP contribution in [0.1, 0.15) is 19.8 Å². The van der Waals surface area contributed by atoms with E-state index in [1.54, 1.807) is 29.9 Å². The summed E-state index contributed by atoms with van der Waals surface area (Å²) in [5.41, 5.74) is 7.13. The van der Waals surface area contributed by atoms with E-state index in [1.807, 2.05) is 19.1 Å². The molecule has 0 saturated carbocycles. The third kappa shape index (κ3) is 3.98. The third-order valence-corrected chi connectivity index (χ3v) is 6.85. The summed E-state index contributed by atoms with van der Waals surface area (Å²) in [4.78, 5) is 25.7. The lowest BCUT2D eigenvalue weighted by molar-refractivity contribution is -0.116. The van der Waals surface area contributed by atoms with Crippen molar-refractivity contribution in [3.8, 4) is 33.1 Å². The van der Waals surface area contributed by atoms with Gasteiger partial charge in [-0.15, -0.1) is 11.3 Å². The van der Waals surface area contributed by atoms with E-state index >= 15 is 0 Å². The quantitative estimate of drug-likeness (QED) is 0.250. The zero-order chi connectivity index (χ0) is 23.8. The Morgan fingerprint density at radius 2 is 1.97 bits per heavy atom. The molecule has 0 atom stereocenters. The Balaban J connectivity index is 1.40. The van der Waals surface area contributed by atoms with Crippen LogP contribution < -0.4 is 5.32 Å². The second-order valence-electron chi connectivity index (χ2n) is 8.37. The van der Waals surface area contributed by atoms with Gasteiger partial charge in [0.15, 0.2) is 0 Å². The first-order valence-electron chi connectivity index (χ1n) is 11.4. The number of carbonyl (C=O) groups excluding carboxylic acids is 1. The molecular formula is C27H22N6OS.